The highest BCUT2D eigenvalue weighted by Crippen LogP contribution is 2.28. The number of rotatable bonds is 7. The smallest absolute Gasteiger partial charge is 0.237 e. The number of thiophene rings is 1. The molecule has 0 bridgehead atoms. The molecule has 0 unspecified atom stereocenters. The van der Waals surface area contributed by atoms with Crippen molar-refractivity contribution >= 4 is 22.9 Å². The summed E-state index contributed by atoms with van der Waals surface area (Å²) >= 11 is 1.73. The molecule has 1 aromatic heterocycles. The minimum atomic E-state index is -0.0989. The van der Waals surface area contributed by atoms with Crippen molar-refractivity contribution in [1.82, 2.24) is 10.2 Å². The van der Waals surface area contributed by atoms with E-state index in [1.54, 1.807) is 18.4 Å². The van der Waals surface area contributed by atoms with Crippen molar-refractivity contribution in [2.45, 2.75) is 19.4 Å². The van der Waals surface area contributed by atoms with Gasteiger partial charge in [0.2, 0.25) is 5.91 Å². The second-order valence-electron chi connectivity index (χ2n) is 6.49. The second kappa shape index (κ2) is 9.05. The zero-order valence-electron chi connectivity index (χ0n) is 15.5. The van der Waals surface area contributed by atoms with E-state index in [9.17, 15) is 4.79 Å². The van der Waals surface area contributed by atoms with Crippen molar-refractivity contribution in [2.75, 3.05) is 44.7 Å². The number of carbonyl (C=O) groups is 1. The third-order valence-electron chi connectivity index (χ3n) is 4.92. The van der Waals surface area contributed by atoms with Gasteiger partial charge in [0.05, 0.1) is 18.8 Å². The quantitative estimate of drug-likeness (QED) is 0.810. The van der Waals surface area contributed by atoms with Crippen molar-refractivity contribution < 1.29 is 9.53 Å². The summed E-state index contributed by atoms with van der Waals surface area (Å²) in [7, 11) is 1.71. The first-order chi connectivity index (χ1) is 12.7. The first-order valence-electron chi connectivity index (χ1n) is 9.11. The van der Waals surface area contributed by atoms with Gasteiger partial charge >= 0.3 is 0 Å². The van der Waals surface area contributed by atoms with Gasteiger partial charge in [-0.05, 0) is 36.9 Å². The van der Waals surface area contributed by atoms with Crippen LogP contribution in [0.15, 0.2) is 41.8 Å². The highest BCUT2D eigenvalue weighted by molar-refractivity contribution is 7.09. The molecule has 3 rings (SSSR count). The number of nitrogens with one attached hydrogen (secondary N) is 1. The maximum Gasteiger partial charge on any atom is 0.237 e. The van der Waals surface area contributed by atoms with Gasteiger partial charge in [0, 0.05) is 37.6 Å². The molecule has 1 aromatic carbocycles. The molecule has 2 heterocycles. The topological polar surface area (TPSA) is 44.8 Å². The van der Waals surface area contributed by atoms with E-state index in [-0.39, 0.29) is 11.9 Å². The third kappa shape index (κ3) is 4.56. The highest BCUT2D eigenvalue weighted by Gasteiger charge is 2.26. The van der Waals surface area contributed by atoms with E-state index in [0.717, 1.165) is 44.0 Å². The standard InChI is InChI=1S/C20H27N3O2S/c1-16(20(24)21-10-9-17-6-5-15-26-17)22-11-13-23(14-12-22)18-7-3-4-8-19(18)25-2/h3-8,15-16H,9-14H2,1-2H3,(H,21,24)/t16-/m0/s1. The van der Waals surface area contributed by atoms with E-state index >= 15 is 0 Å². The van der Waals surface area contributed by atoms with Crippen LogP contribution in [0.4, 0.5) is 5.69 Å². The summed E-state index contributed by atoms with van der Waals surface area (Å²) < 4.78 is 5.47. The number of nitrogens with zero attached hydrogens (tertiary/aromatic N) is 2. The number of ether oxygens (including phenoxy) is 1. The second-order valence-corrected chi connectivity index (χ2v) is 7.52. The molecule has 5 nitrogen and oxygen atoms in total. The van der Waals surface area contributed by atoms with E-state index in [0.29, 0.717) is 6.54 Å². The van der Waals surface area contributed by atoms with Gasteiger partial charge in [0.15, 0.2) is 0 Å². The molecule has 0 aliphatic carbocycles. The van der Waals surface area contributed by atoms with Crippen LogP contribution in [-0.2, 0) is 11.2 Å². The van der Waals surface area contributed by atoms with Crippen LogP contribution in [0.2, 0.25) is 0 Å². The molecule has 1 fully saturated rings. The fourth-order valence-electron chi connectivity index (χ4n) is 3.32. The Morgan fingerprint density at radius 1 is 1.19 bits per heavy atom. The Labute approximate surface area is 159 Å². The largest absolute Gasteiger partial charge is 0.495 e. The molecule has 1 aliphatic rings. The van der Waals surface area contributed by atoms with Crippen LogP contribution in [-0.4, -0.2) is 56.7 Å². The minimum absolute atomic E-state index is 0.0989. The van der Waals surface area contributed by atoms with Crippen molar-refractivity contribution in [1.29, 1.82) is 0 Å². The fourth-order valence-corrected chi connectivity index (χ4v) is 4.03. The number of carbonyl (C=O) groups excluding carboxylic acids is 1. The van der Waals surface area contributed by atoms with Gasteiger partial charge in [-0.3, -0.25) is 9.69 Å². The summed E-state index contributed by atoms with van der Waals surface area (Å²) in [4.78, 5) is 18.3. The lowest BCUT2D eigenvalue weighted by molar-refractivity contribution is -0.125. The Bertz CT molecular complexity index is 697. The van der Waals surface area contributed by atoms with Gasteiger partial charge in [-0.15, -0.1) is 11.3 Å². The van der Waals surface area contributed by atoms with Crippen molar-refractivity contribution in [2.24, 2.45) is 0 Å². The first kappa shape index (κ1) is 18.7. The maximum absolute atomic E-state index is 12.4. The average molecular weight is 374 g/mol. The molecule has 0 spiro atoms. The average Bonchev–Trinajstić information content (AvgIpc) is 3.21. The van der Waals surface area contributed by atoms with Crippen LogP contribution in [0.25, 0.3) is 0 Å². The number of piperazine rings is 1. The lowest BCUT2D eigenvalue weighted by atomic mass is 10.2. The van der Waals surface area contributed by atoms with Crippen molar-refractivity contribution in [3.8, 4) is 5.75 Å². The Morgan fingerprint density at radius 3 is 2.65 bits per heavy atom. The predicted octanol–water partition coefficient (Wildman–Crippen LogP) is 2.63. The fraction of sp³-hybridized carbons (Fsp3) is 0.450. The lowest BCUT2D eigenvalue weighted by Gasteiger charge is -2.38. The molecule has 1 saturated heterocycles. The number of hydrogen-bond acceptors (Lipinski definition) is 5. The number of amides is 1. The van der Waals surface area contributed by atoms with Gasteiger partial charge < -0.3 is 15.0 Å². The summed E-state index contributed by atoms with van der Waals surface area (Å²) in [6.07, 6.45) is 0.901. The van der Waals surface area contributed by atoms with Crippen LogP contribution in [0.3, 0.4) is 0 Å². The first-order valence-corrected chi connectivity index (χ1v) is 9.99. The van der Waals surface area contributed by atoms with Crippen LogP contribution in [0, 0.1) is 0 Å². The minimum Gasteiger partial charge on any atom is -0.495 e. The Morgan fingerprint density at radius 2 is 1.96 bits per heavy atom. The Kier molecular flexibility index (Phi) is 6.52. The van der Waals surface area contributed by atoms with E-state index < -0.39 is 0 Å². The molecule has 1 atom stereocenters. The number of benzene rings is 1. The SMILES string of the molecule is COc1ccccc1N1CCN([C@@H](C)C(=O)NCCc2cccs2)CC1. The van der Waals surface area contributed by atoms with Crippen LogP contribution in [0.5, 0.6) is 5.75 Å². The van der Waals surface area contributed by atoms with Crippen LogP contribution >= 0.6 is 11.3 Å². The molecule has 1 amide bonds. The molecule has 0 radical (unpaired) electrons. The maximum atomic E-state index is 12.4. The van der Waals surface area contributed by atoms with Crippen LogP contribution in [0.1, 0.15) is 11.8 Å². The summed E-state index contributed by atoms with van der Waals surface area (Å²) in [6.45, 7) is 6.24. The summed E-state index contributed by atoms with van der Waals surface area (Å²) in [5.41, 5.74) is 1.13. The molecular weight excluding hydrogens is 346 g/mol. The Balaban J connectivity index is 1.46. The van der Waals surface area contributed by atoms with E-state index in [1.807, 2.05) is 31.2 Å². The van der Waals surface area contributed by atoms with Gasteiger partial charge in [0.1, 0.15) is 5.75 Å². The Hall–Kier alpha value is -2.05. The van der Waals surface area contributed by atoms with E-state index in [1.165, 1.54) is 4.88 Å². The van der Waals surface area contributed by atoms with Crippen LogP contribution < -0.4 is 15.0 Å². The van der Waals surface area contributed by atoms with Gasteiger partial charge in [-0.25, -0.2) is 0 Å². The summed E-state index contributed by atoms with van der Waals surface area (Å²) in [5.74, 6) is 1.02. The van der Waals surface area contributed by atoms with Gasteiger partial charge in [-0.1, -0.05) is 18.2 Å². The number of anilines is 1. The molecule has 6 heteroatoms. The molecule has 26 heavy (non-hydrogen) atoms. The number of methoxy groups -OCH3 is 1. The van der Waals surface area contributed by atoms with Gasteiger partial charge in [0.25, 0.3) is 0 Å². The third-order valence-corrected chi connectivity index (χ3v) is 5.85. The zero-order chi connectivity index (χ0) is 18.4. The normalized spacial score (nSPS) is 16.3. The monoisotopic (exact) mass is 373 g/mol. The predicted molar refractivity (Wildman–Crippen MR) is 107 cm³/mol. The van der Waals surface area contributed by atoms with E-state index in [4.69, 9.17) is 4.74 Å². The zero-order valence-corrected chi connectivity index (χ0v) is 16.3. The molecule has 2 aromatic rings. The molecule has 1 N–H and O–H groups in total. The molecule has 140 valence electrons. The molecule has 1 aliphatic heterocycles. The summed E-state index contributed by atoms with van der Waals surface area (Å²) in [5, 5.41) is 5.14. The van der Waals surface area contributed by atoms with Gasteiger partial charge in [-0.2, -0.15) is 0 Å². The lowest BCUT2D eigenvalue weighted by Crippen LogP contribution is -2.54. The number of hydrogen-bond donors (Lipinski definition) is 1. The molecular formula is C20H27N3O2S. The summed E-state index contributed by atoms with van der Waals surface area (Å²) in [6, 6.07) is 12.2. The molecule has 0 saturated carbocycles. The number of para-hydroxylation sites is 2. The van der Waals surface area contributed by atoms with Crippen molar-refractivity contribution in [3.05, 3.63) is 46.7 Å². The van der Waals surface area contributed by atoms with Crippen molar-refractivity contribution in [3.63, 3.8) is 0 Å². The highest BCUT2D eigenvalue weighted by atomic mass is 32.1. The van der Waals surface area contributed by atoms with E-state index in [2.05, 4.69) is 32.6 Å².